The maximum atomic E-state index is 5.39. The summed E-state index contributed by atoms with van der Waals surface area (Å²) in [5.41, 5.74) is 2.34. The fourth-order valence-corrected chi connectivity index (χ4v) is 2.28. The summed E-state index contributed by atoms with van der Waals surface area (Å²) in [5.74, 6) is 1.72. The van der Waals surface area contributed by atoms with Crippen molar-refractivity contribution in [2.75, 3.05) is 32.1 Å². The summed E-state index contributed by atoms with van der Waals surface area (Å²) in [6.07, 6.45) is 2.53. The standard InChI is InChI=1S/C14H22N2O/c1-11-3-4-13(14(9-11)17-2)16-10-12-5-7-15-8-6-12/h3-4,9,12,15-16H,5-8,10H2,1-2H3. The van der Waals surface area contributed by atoms with Crippen LogP contribution in [0.3, 0.4) is 0 Å². The third-order valence-electron chi connectivity index (χ3n) is 3.40. The highest BCUT2D eigenvalue weighted by atomic mass is 16.5. The second kappa shape index (κ2) is 5.92. The van der Waals surface area contributed by atoms with Gasteiger partial charge in [0.05, 0.1) is 12.8 Å². The number of benzene rings is 1. The summed E-state index contributed by atoms with van der Waals surface area (Å²) in [4.78, 5) is 0. The van der Waals surface area contributed by atoms with E-state index >= 15 is 0 Å². The molecule has 0 amide bonds. The Balaban J connectivity index is 1.93. The van der Waals surface area contributed by atoms with Crippen molar-refractivity contribution in [3.63, 3.8) is 0 Å². The van der Waals surface area contributed by atoms with Gasteiger partial charge in [-0.1, -0.05) is 6.07 Å². The van der Waals surface area contributed by atoms with Gasteiger partial charge in [-0.25, -0.2) is 0 Å². The molecule has 1 heterocycles. The number of hydrogen-bond donors (Lipinski definition) is 2. The fraction of sp³-hybridized carbons (Fsp3) is 0.571. The highest BCUT2D eigenvalue weighted by molar-refractivity contribution is 5.57. The van der Waals surface area contributed by atoms with E-state index < -0.39 is 0 Å². The SMILES string of the molecule is COc1cc(C)ccc1NCC1CCNCC1. The van der Waals surface area contributed by atoms with Crippen LogP contribution in [0.1, 0.15) is 18.4 Å². The third kappa shape index (κ3) is 3.37. The molecule has 0 unspecified atom stereocenters. The van der Waals surface area contributed by atoms with Gasteiger partial charge < -0.3 is 15.4 Å². The molecule has 94 valence electrons. The molecule has 1 aliphatic rings. The zero-order chi connectivity index (χ0) is 12.1. The van der Waals surface area contributed by atoms with Gasteiger partial charge in [-0.05, 0) is 56.5 Å². The first-order valence-electron chi connectivity index (χ1n) is 6.39. The topological polar surface area (TPSA) is 33.3 Å². The van der Waals surface area contributed by atoms with E-state index in [4.69, 9.17) is 4.74 Å². The molecule has 3 heteroatoms. The Labute approximate surface area is 104 Å². The third-order valence-corrected chi connectivity index (χ3v) is 3.40. The molecule has 17 heavy (non-hydrogen) atoms. The Bertz CT molecular complexity index is 359. The lowest BCUT2D eigenvalue weighted by atomic mass is 9.98. The zero-order valence-corrected chi connectivity index (χ0v) is 10.8. The van der Waals surface area contributed by atoms with E-state index in [1.54, 1.807) is 7.11 Å². The molecule has 2 N–H and O–H groups in total. The van der Waals surface area contributed by atoms with Gasteiger partial charge in [-0.15, -0.1) is 0 Å². The molecule has 0 radical (unpaired) electrons. The van der Waals surface area contributed by atoms with Crippen molar-refractivity contribution < 1.29 is 4.74 Å². The Kier molecular flexibility index (Phi) is 4.26. The maximum Gasteiger partial charge on any atom is 0.142 e. The van der Waals surface area contributed by atoms with E-state index in [1.807, 2.05) is 0 Å². The molecular formula is C14H22N2O. The maximum absolute atomic E-state index is 5.39. The van der Waals surface area contributed by atoms with Gasteiger partial charge in [0.25, 0.3) is 0 Å². The summed E-state index contributed by atoms with van der Waals surface area (Å²) in [5, 5.41) is 6.90. The largest absolute Gasteiger partial charge is 0.495 e. The molecule has 0 atom stereocenters. The number of methoxy groups -OCH3 is 1. The van der Waals surface area contributed by atoms with E-state index in [2.05, 4.69) is 35.8 Å². The quantitative estimate of drug-likeness (QED) is 0.839. The van der Waals surface area contributed by atoms with Crippen LogP contribution in [-0.4, -0.2) is 26.7 Å². The van der Waals surface area contributed by atoms with Crippen LogP contribution in [-0.2, 0) is 0 Å². The highest BCUT2D eigenvalue weighted by Gasteiger charge is 2.13. The van der Waals surface area contributed by atoms with Crippen molar-refractivity contribution >= 4 is 5.69 Å². The number of rotatable bonds is 4. The number of hydrogen-bond acceptors (Lipinski definition) is 3. The van der Waals surface area contributed by atoms with E-state index in [1.165, 1.54) is 18.4 Å². The molecule has 0 saturated carbocycles. The molecule has 1 aliphatic heterocycles. The second-order valence-corrected chi connectivity index (χ2v) is 4.78. The molecule has 0 spiro atoms. The number of nitrogens with one attached hydrogen (secondary N) is 2. The average molecular weight is 234 g/mol. The smallest absolute Gasteiger partial charge is 0.142 e. The first-order valence-corrected chi connectivity index (χ1v) is 6.39. The molecule has 3 nitrogen and oxygen atoms in total. The molecule has 2 rings (SSSR count). The molecule has 0 aliphatic carbocycles. The minimum absolute atomic E-state index is 0.780. The van der Waals surface area contributed by atoms with Crippen molar-refractivity contribution in [3.05, 3.63) is 23.8 Å². The molecule has 1 aromatic rings. The van der Waals surface area contributed by atoms with Gasteiger partial charge in [-0.3, -0.25) is 0 Å². The lowest BCUT2D eigenvalue weighted by Gasteiger charge is -2.23. The first-order chi connectivity index (χ1) is 8.29. The summed E-state index contributed by atoms with van der Waals surface area (Å²) in [6, 6.07) is 6.30. The highest BCUT2D eigenvalue weighted by Crippen LogP contribution is 2.26. The average Bonchev–Trinajstić information content (AvgIpc) is 2.38. The van der Waals surface area contributed by atoms with Gasteiger partial charge in [0.2, 0.25) is 0 Å². The number of anilines is 1. The van der Waals surface area contributed by atoms with Crippen LogP contribution in [0.5, 0.6) is 5.75 Å². The minimum atomic E-state index is 0.780. The number of ether oxygens (including phenoxy) is 1. The molecule has 0 bridgehead atoms. The molecule has 0 aromatic heterocycles. The van der Waals surface area contributed by atoms with Crippen molar-refractivity contribution in [2.24, 2.45) is 5.92 Å². The number of aryl methyl sites for hydroxylation is 1. The van der Waals surface area contributed by atoms with E-state index in [9.17, 15) is 0 Å². The fourth-order valence-electron chi connectivity index (χ4n) is 2.28. The van der Waals surface area contributed by atoms with Crippen LogP contribution in [0, 0.1) is 12.8 Å². The molecular weight excluding hydrogens is 212 g/mol. The predicted octanol–water partition coefficient (Wildman–Crippen LogP) is 2.42. The van der Waals surface area contributed by atoms with Crippen LogP contribution in [0.4, 0.5) is 5.69 Å². The van der Waals surface area contributed by atoms with Crippen LogP contribution in [0.2, 0.25) is 0 Å². The van der Waals surface area contributed by atoms with Crippen LogP contribution >= 0.6 is 0 Å². The van der Waals surface area contributed by atoms with Gasteiger partial charge in [0.1, 0.15) is 5.75 Å². The zero-order valence-electron chi connectivity index (χ0n) is 10.8. The lowest BCUT2D eigenvalue weighted by Crippen LogP contribution is -2.31. The van der Waals surface area contributed by atoms with Crippen molar-refractivity contribution in [1.29, 1.82) is 0 Å². The van der Waals surface area contributed by atoms with Crippen molar-refractivity contribution in [2.45, 2.75) is 19.8 Å². The van der Waals surface area contributed by atoms with Crippen LogP contribution in [0.25, 0.3) is 0 Å². The van der Waals surface area contributed by atoms with Gasteiger partial charge in [0.15, 0.2) is 0 Å². The lowest BCUT2D eigenvalue weighted by molar-refractivity contribution is 0.387. The number of piperidine rings is 1. The summed E-state index contributed by atoms with van der Waals surface area (Å²) >= 11 is 0. The summed E-state index contributed by atoms with van der Waals surface area (Å²) in [7, 11) is 1.73. The van der Waals surface area contributed by atoms with Crippen molar-refractivity contribution in [3.8, 4) is 5.75 Å². The monoisotopic (exact) mass is 234 g/mol. The van der Waals surface area contributed by atoms with Crippen LogP contribution < -0.4 is 15.4 Å². The minimum Gasteiger partial charge on any atom is -0.495 e. The first kappa shape index (κ1) is 12.2. The van der Waals surface area contributed by atoms with Crippen molar-refractivity contribution in [1.82, 2.24) is 5.32 Å². The molecule has 1 saturated heterocycles. The normalized spacial score (nSPS) is 16.8. The van der Waals surface area contributed by atoms with E-state index in [-0.39, 0.29) is 0 Å². The predicted molar refractivity (Wildman–Crippen MR) is 71.8 cm³/mol. The van der Waals surface area contributed by atoms with Gasteiger partial charge >= 0.3 is 0 Å². The molecule has 1 fully saturated rings. The summed E-state index contributed by atoms with van der Waals surface area (Å²) in [6.45, 7) is 5.43. The Morgan fingerprint density at radius 1 is 1.35 bits per heavy atom. The Hall–Kier alpha value is -1.22. The Morgan fingerprint density at radius 2 is 2.12 bits per heavy atom. The van der Waals surface area contributed by atoms with Gasteiger partial charge in [-0.2, -0.15) is 0 Å². The Morgan fingerprint density at radius 3 is 2.82 bits per heavy atom. The van der Waals surface area contributed by atoms with E-state index in [0.29, 0.717) is 0 Å². The molecule has 1 aromatic carbocycles. The summed E-state index contributed by atoms with van der Waals surface area (Å²) < 4.78 is 5.39. The second-order valence-electron chi connectivity index (χ2n) is 4.78. The van der Waals surface area contributed by atoms with E-state index in [0.717, 1.165) is 37.0 Å². The van der Waals surface area contributed by atoms with Gasteiger partial charge in [0, 0.05) is 6.54 Å². The van der Waals surface area contributed by atoms with Crippen LogP contribution in [0.15, 0.2) is 18.2 Å².